The van der Waals surface area contributed by atoms with Crippen LogP contribution in [0.1, 0.15) is 40.1 Å². The highest BCUT2D eigenvalue weighted by Gasteiger charge is 2.24. The van der Waals surface area contributed by atoms with Gasteiger partial charge in [0.2, 0.25) is 6.41 Å². The molecule has 0 radical (unpaired) electrons. The Labute approximate surface area is 170 Å². The maximum atomic E-state index is 13.1. The molecule has 0 unspecified atom stereocenters. The van der Waals surface area contributed by atoms with Crippen molar-refractivity contribution < 1.29 is 14.4 Å². The predicted octanol–water partition coefficient (Wildman–Crippen LogP) is 2.05. The molecule has 1 aromatic heterocycles. The Morgan fingerprint density at radius 2 is 1.72 bits per heavy atom. The van der Waals surface area contributed by atoms with E-state index < -0.39 is 0 Å². The van der Waals surface area contributed by atoms with Crippen LogP contribution in [0.4, 0.5) is 0 Å². The average Bonchev–Trinajstić information content (AvgIpc) is 2.77. The fraction of sp³-hybridized carbons (Fsp3) is 0.364. The van der Waals surface area contributed by atoms with Crippen molar-refractivity contribution in [3.63, 3.8) is 0 Å². The van der Waals surface area contributed by atoms with Crippen molar-refractivity contribution >= 4 is 18.2 Å². The summed E-state index contributed by atoms with van der Waals surface area (Å²) in [5.41, 5.74) is 1.83. The molecule has 3 rings (SSSR count). The van der Waals surface area contributed by atoms with Crippen LogP contribution in [0.5, 0.6) is 0 Å². The van der Waals surface area contributed by atoms with Crippen LogP contribution in [0.25, 0.3) is 0 Å². The Hall–Kier alpha value is -3.22. The lowest BCUT2D eigenvalue weighted by Gasteiger charge is -2.32. The van der Waals surface area contributed by atoms with Crippen molar-refractivity contribution in [3.8, 4) is 0 Å². The van der Waals surface area contributed by atoms with Crippen molar-refractivity contribution in [1.29, 1.82) is 0 Å². The molecule has 0 atom stereocenters. The third-order valence-corrected chi connectivity index (χ3v) is 5.06. The molecule has 2 aromatic rings. The third-order valence-electron chi connectivity index (χ3n) is 5.06. The second kappa shape index (κ2) is 9.32. The predicted molar refractivity (Wildman–Crippen MR) is 109 cm³/mol. The van der Waals surface area contributed by atoms with Crippen molar-refractivity contribution in [2.24, 2.45) is 0 Å². The summed E-state index contributed by atoms with van der Waals surface area (Å²) in [6, 6.07) is 11.4. The van der Waals surface area contributed by atoms with E-state index in [0.717, 1.165) is 12.0 Å². The Morgan fingerprint density at radius 1 is 1.07 bits per heavy atom. The first-order valence-corrected chi connectivity index (χ1v) is 9.78. The van der Waals surface area contributed by atoms with Gasteiger partial charge in [0.15, 0.2) is 0 Å². The summed E-state index contributed by atoms with van der Waals surface area (Å²) >= 11 is 0. The van der Waals surface area contributed by atoms with E-state index in [0.29, 0.717) is 43.9 Å². The normalized spacial score (nSPS) is 14.0. The topological polar surface area (TPSA) is 73.8 Å². The molecule has 1 aliphatic heterocycles. The minimum atomic E-state index is -0.170. The van der Waals surface area contributed by atoms with E-state index in [9.17, 15) is 14.4 Å². The summed E-state index contributed by atoms with van der Waals surface area (Å²) in [6.07, 6.45) is 3.79. The molecule has 1 saturated heterocycles. The number of hydrogen-bond donors (Lipinski definition) is 0. The van der Waals surface area contributed by atoms with E-state index in [1.807, 2.05) is 44.2 Å². The van der Waals surface area contributed by atoms with Gasteiger partial charge >= 0.3 is 0 Å². The molecule has 7 nitrogen and oxygen atoms in total. The summed E-state index contributed by atoms with van der Waals surface area (Å²) in [7, 11) is 0. The highest BCUT2D eigenvalue weighted by Crippen LogP contribution is 2.15. The summed E-state index contributed by atoms with van der Waals surface area (Å²) in [6.45, 7) is 6.40. The molecule has 0 N–H and O–H groups in total. The first-order chi connectivity index (χ1) is 14.0. The molecular formula is C22H26N4O3. The Kier molecular flexibility index (Phi) is 6.59. The highest BCUT2D eigenvalue weighted by atomic mass is 16.2. The molecule has 3 amide bonds. The van der Waals surface area contributed by atoms with Gasteiger partial charge in [0.25, 0.3) is 11.8 Å². The third kappa shape index (κ3) is 4.99. The van der Waals surface area contributed by atoms with Gasteiger partial charge in [-0.3, -0.25) is 19.4 Å². The molecule has 1 aliphatic rings. The van der Waals surface area contributed by atoms with Crippen LogP contribution >= 0.6 is 0 Å². The number of amides is 3. The largest absolute Gasteiger partial charge is 0.342 e. The van der Waals surface area contributed by atoms with Crippen LogP contribution in [0.15, 0.2) is 48.8 Å². The monoisotopic (exact) mass is 394 g/mol. The SMILES string of the molecule is CC(C)N(Cc1ccccc1)C(=O)c1cncc(C(=O)N2CCN(C=O)CC2)c1. The number of pyridine rings is 1. The van der Waals surface area contributed by atoms with Gasteiger partial charge in [0.05, 0.1) is 11.1 Å². The second-order valence-corrected chi connectivity index (χ2v) is 7.41. The second-order valence-electron chi connectivity index (χ2n) is 7.41. The maximum absolute atomic E-state index is 13.1. The Balaban J connectivity index is 1.75. The number of carbonyl (C=O) groups is 3. The van der Waals surface area contributed by atoms with Gasteiger partial charge in [-0.1, -0.05) is 30.3 Å². The molecular weight excluding hydrogens is 368 g/mol. The summed E-state index contributed by atoms with van der Waals surface area (Å²) in [5, 5.41) is 0. The zero-order chi connectivity index (χ0) is 20.8. The molecule has 0 aliphatic carbocycles. The van der Waals surface area contributed by atoms with Crippen molar-refractivity contribution in [3.05, 3.63) is 65.5 Å². The molecule has 0 spiro atoms. The minimum Gasteiger partial charge on any atom is -0.342 e. The Bertz CT molecular complexity index is 861. The molecule has 2 heterocycles. The van der Waals surface area contributed by atoms with Gasteiger partial charge in [-0.25, -0.2) is 0 Å². The standard InChI is InChI=1S/C22H26N4O3/c1-17(2)26(15-18-6-4-3-5-7-18)22(29)20-12-19(13-23-14-20)21(28)25-10-8-24(16-27)9-11-25/h3-7,12-14,16-17H,8-11,15H2,1-2H3. The zero-order valence-electron chi connectivity index (χ0n) is 16.8. The van der Waals surface area contributed by atoms with Crippen LogP contribution in [0, 0.1) is 0 Å². The van der Waals surface area contributed by atoms with Crippen molar-refractivity contribution in [2.75, 3.05) is 26.2 Å². The fourth-order valence-electron chi connectivity index (χ4n) is 3.32. The highest BCUT2D eigenvalue weighted by molar-refractivity contribution is 5.99. The van der Waals surface area contributed by atoms with Crippen LogP contribution in [0.3, 0.4) is 0 Å². The molecule has 152 valence electrons. The average molecular weight is 394 g/mol. The molecule has 1 fully saturated rings. The van der Waals surface area contributed by atoms with Crippen molar-refractivity contribution in [2.45, 2.75) is 26.4 Å². The number of hydrogen-bond acceptors (Lipinski definition) is 4. The van der Waals surface area contributed by atoms with Gasteiger partial charge in [0, 0.05) is 51.2 Å². The van der Waals surface area contributed by atoms with E-state index in [4.69, 9.17) is 0 Å². The molecule has 29 heavy (non-hydrogen) atoms. The lowest BCUT2D eigenvalue weighted by atomic mass is 10.1. The number of carbonyl (C=O) groups excluding carboxylic acids is 3. The van der Waals surface area contributed by atoms with Gasteiger partial charge in [-0.15, -0.1) is 0 Å². The van der Waals surface area contributed by atoms with Gasteiger partial charge in [0.1, 0.15) is 0 Å². The first kappa shape index (κ1) is 20.5. The van der Waals surface area contributed by atoms with Crippen LogP contribution in [-0.2, 0) is 11.3 Å². The zero-order valence-corrected chi connectivity index (χ0v) is 16.8. The number of aromatic nitrogens is 1. The van der Waals surface area contributed by atoms with E-state index in [1.54, 1.807) is 20.8 Å². The molecule has 7 heteroatoms. The summed E-state index contributed by atoms with van der Waals surface area (Å²) < 4.78 is 0. The first-order valence-electron chi connectivity index (χ1n) is 9.78. The number of rotatable bonds is 6. The minimum absolute atomic E-state index is 0.00141. The van der Waals surface area contributed by atoms with Crippen LogP contribution < -0.4 is 0 Å². The molecule has 1 aromatic carbocycles. The quantitative estimate of drug-likeness (QED) is 0.703. The smallest absolute Gasteiger partial charge is 0.255 e. The van der Waals surface area contributed by atoms with Gasteiger partial charge in [-0.2, -0.15) is 0 Å². The fourth-order valence-corrected chi connectivity index (χ4v) is 3.32. The number of nitrogens with zero attached hydrogens (tertiary/aromatic N) is 4. The maximum Gasteiger partial charge on any atom is 0.255 e. The lowest BCUT2D eigenvalue weighted by molar-refractivity contribution is -0.119. The summed E-state index contributed by atoms with van der Waals surface area (Å²) in [5.74, 6) is -0.325. The van der Waals surface area contributed by atoms with Gasteiger partial charge < -0.3 is 14.7 Å². The van der Waals surface area contributed by atoms with E-state index in [2.05, 4.69) is 4.98 Å². The number of benzene rings is 1. The van der Waals surface area contributed by atoms with Crippen LogP contribution in [0.2, 0.25) is 0 Å². The van der Waals surface area contributed by atoms with E-state index in [-0.39, 0.29) is 17.9 Å². The lowest BCUT2D eigenvalue weighted by Crippen LogP contribution is -2.48. The molecule has 0 bridgehead atoms. The number of piperazine rings is 1. The van der Waals surface area contributed by atoms with Crippen LogP contribution in [-0.4, -0.2) is 70.1 Å². The van der Waals surface area contributed by atoms with Crippen molar-refractivity contribution in [1.82, 2.24) is 19.7 Å². The van der Waals surface area contributed by atoms with E-state index >= 15 is 0 Å². The van der Waals surface area contributed by atoms with E-state index in [1.165, 1.54) is 12.4 Å². The molecule has 0 saturated carbocycles. The van der Waals surface area contributed by atoms with Gasteiger partial charge in [-0.05, 0) is 25.5 Å². The summed E-state index contributed by atoms with van der Waals surface area (Å²) in [4.78, 5) is 46.0. The Morgan fingerprint density at radius 3 is 2.34 bits per heavy atom.